The quantitative estimate of drug-likeness (QED) is 0.413. The van der Waals surface area contributed by atoms with Crippen LogP contribution in [0.3, 0.4) is 0 Å². The molecule has 0 aromatic heterocycles. The number of carboxylic acid groups (broad SMARTS) is 2. The van der Waals surface area contributed by atoms with Gasteiger partial charge in [0.05, 0.1) is 13.1 Å². The normalized spacial score (nSPS) is 5.33. The third-order valence-electron chi connectivity index (χ3n) is 0.552. The van der Waals surface area contributed by atoms with Gasteiger partial charge in [0.15, 0.2) is 0 Å². The minimum absolute atomic E-state index is 0. The molecule has 0 aromatic rings. The molecule has 0 aromatic carbocycles. The van der Waals surface area contributed by atoms with E-state index in [-0.39, 0.29) is 118 Å². The Kier molecular flexibility index (Phi) is 86.4. The van der Waals surface area contributed by atoms with Gasteiger partial charge >= 0.3 is 101 Å². The van der Waals surface area contributed by atoms with E-state index in [9.17, 15) is 9.59 Å². The fraction of sp³-hybridized carbons (Fsp3) is 0.500. The van der Waals surface area contributed by atoms with Gasteiger partial charge in [0.2, 0.25) is 0 Å². The number of aliphatic carboxylic acids is 2. The van der Waals surface area contributed by atoms with E-state index in [4.69, 9.17) is 10.2 Å². The third-order valence-corrected chi connectivity index (χ3v) is 0.552. The molecular weight excluding hydrogens is 243 g/mol. The molecule has 0 aliphatic heterocycles. The molecule has 8 nitrogen and oxygen atoms in total. The molecule has 6 N–H and O–H groups in total. The van der Waals surface area contributed by atoms with Crippen molar-refractivity contribution in [3.05, 3.63) is 0 Å². The van der Waals surface area contributed by atoms with Crippen LogP contribution in [0.25, 0.3) is 0 Å². The number of hydrogen-bond acceptors (Lipinski definition) is 6. The molecule has 76 valence electrons. The molecule has 0 radical (unpaired) electrons. The third kappa shape index (κ3) is 49.5. The molecule has 0 saturated heterocycles. The van der Waals surface area contributed by atoms with Crippen molar-refractivity contribution in [2.24, 2.45) is 0 Å². The Hall–Kier alpha value is 1.78. The van der Waals surface area contributed by atoms with E-state index in [0.29, 0.717) is 0 Å². The summed E-state index contributed by atoms with van der Waals surface area (Å²) in [5.74, 6) is -2.12. The Labute approximate surface area is 153 Å². The molecule has 15 heavy (non-hydrogen) atoms. The molecule has 0 rings (SSSR count). The van der Waals surface area contributed by atoms with Crippen molar-refractivity contribution in [1.82, 2.24) is 5.32 Å². The summed E-state index contributed by atoms with van der Waals surface area (Å²) in [5.41, 5.74) is 0. The fourth-order valence-electron chi connectivity index (χ4n) is 0.276. The van der Waals surface area contributed by atoms with Crippen LogP contribution in [0, 0.1) is 0 Å². The zero-order valence-corrected chi connectivity index (χ0v) is 15.0. The van der Waals surface area contributed by atoms with E-state index in [2.05, 4.69) is 5.32 Å². The van der Waals surface area contributed by atoms with Crippen molar-refractivity contribution in [3.8, 4) is 0 Å². The summed E-state index contributed by atoms with van der Waals surface area (Å²) in [5, 5.41) is 18.1. The van der Waals surface area contributed by atoms with E-state index in [0.717, 1.165) is 0 Å². The molecule has 0 atom stereocenters. The zero-order valence-electron chi connectivity index (χ0n) is 8.97. The van der Waals surface area contributed by atoms with E-state index in [1.54, 1.807) is 0 Å². The van der Waals surface area contributed by atoms with E-state index >= 15 is 0 Å². The maximum Gasteiger partial charge on any atom is 1.00 e. The monoisotopic (exact) mass is 253 g/mol. The van der Waals surface area contributed by atoms with Crippen LogP contribution in [-0.4, -0.2) is 51.7 Å². The number of carboxylic acids is 2. The first-order chi connectivity index (χ1) is 4.13. The van der Waals surface area contributed by atoms with Gasteiger partial charge in [-0.05, 0) is 0 Å². The van der Waals surface area contributed by atoms with Gasteiger partial charge in [-0.2, -0.15) is 0 Å². The molecule has 11 heteroatoms. The predicted molar refractivity (Wildman–Crippen MR) is 33.9 cm³/mol. The SMILES string of the molecule is O=C(O)CNCC(=O)O.[Na+].[Na+].[Na+].[OH-].[OH-].[OH-]. The average Bonchev–Trinajstić information content (AvgIpc) is 1.63. The van der Waals surface area contributed by atoms with Crippen LogP contribution in [0.2, 0.25) is 0 Å². The van der Waals surface area contributed by atoms with E-state index in [1.165, 1.54) is 0 Å². The summed E-state index contributed by atoms with van der Waals surface area (Å²) in [6.07, 6.45) is 0. The van der Waals surface area contributed by atoms with Crippen molar-refractivity contribution in [2.45, 2.75) is 0 Å². The summed E-state index contributed by atoms with van der Waals surface area (Å²) in [6, 6.07) is 0. The van der Waals surface area contributed by atoms with Crippen molar-refractivity contribution in [3.63, 3.8) is 0 Å². The summed E-state index contributed by atoms with van der Waals surface area (Å²) in [4.78, 5) is 19.5. The average molecular weight is 253 g/mol. The molecule has 0 aliphatic carbocycles. The molecule has 0 heterocycles. The second kappa shape index (κ2) is 29.7. The van der Waals surface area contributed by atoms with Crippen molar-refractivity contribution < 1.29 is 125 Å². The summed E-state index contributed by atoms with van der Waals surface area (Å²) in [6.45, 7) is -0.626. The predicted octanol–water partition coefficient (Wildman–Crippen LogP) is -10.8. The molecule has 0 saturated carbocycles. The first-order valence-electron chi connectivity index (χ1n) is 2.27. The van der Waals surface area contributed by atoms with Crippen LogP contribution in [0.5, 0.6) is 0 Å². The summed E-state index contributed by atoms with van der Waals surface area (Å²) >= 11 is 0. The number of rotatable bonds is 4. The van der Waals surface area contributed by atoms with Gasteiger partial charge < -0.3 is 26.6 Å². The first-order valence-corrected chi connectivity index (χ1v) is 2.27. The van der Waals surface area contributed by atoms with Crippen LogP contribution < -0.4 is 94.0 Å². The topological polar surface area (TPSA) is 177 Å². The Morgan fingerprint density at radius 3 is 1.13 bits per heavy atom. The van der Waals surface area contributed by atoms with Gasteiger partial charge in [-0.1, -0.05) is 0 Å². The van der Waals surface area contributed by atoms with Crippen LogP contribution in [0.15, 0.2) is 0 Å². The van der Waals surface area contributed by atoms with Crippen molar-refractivity contribution in [2.75, 3.05) is 13.1 Å². The second-order valence-corrected chi connectivity index (χ2v) is 1.39. The van der Waals surface area contributed by atoms with Crippen LogP contribution in [-0.2, 0) is 9.59 Å². The fourth-order valence-corrected chi connectivity index (χ4v) is 0.276. The standard InChI is InChI=1S/C4H7NO4.3Na.3H2O/c6-3(7)1-5-2-4(8)9;;;;;;/h5H,1-2H2,(H,6,7)(H,8,9);;;;3*1H2/q;3*+1;;;/p-3. The van der Waals surface area contributed by atoms with Crippen LogP contribution >= 0.6 is 0 Å². The zero-order chi connectivity index (χ0) is 7.28. The van der Waals surface area contributed by atoms with Gasteiger partial charge in [-0.3, -0.25) is 14.9 Å². The largest absolute Gasteiger partial charge is 1.00 e. The summed E-state index contributed by atoms with van der Waals surface area (Å²) < 4.78 is 0. The maximum atomic E-state index is 9.73. The second-order valence-electron chi connectivity index (χ2n) is 1.39. The van der Waals surface area contributed by atoms with Crippen LogP contribution in [0.1, 0.15) is 0 Å². The molecule has 0 aliphatic rings. The van der Waals surface area contributed by atoms with Gasteiger partial charge in [0.25, 0.3) is 0 Å². The Morgan fingerprint density at radius 2 is 1.00 bits per heavy atom. The Bertz CT molecular complexity index is 121. The first kappa shape index (κ1) is 43.7. The molecule has 0 spiro atoms. The smallest absolute Gasteiger partial charge is 0.870 e. The molecule has 0 amide bonds. The van der Waals surface area contributed by atoms with Gasteiger partial charge in [-0.25, -0.2) is 0 Å². The molecule has 0 bridgehead atoms. The minimum atomic E-state index is -1.06. The van der Waals surface area contributed by atoms with Crippen molar-refractivity contribution in [1.29, 1.82) is 0 Å². The Morgan fingerprint density at radius 1 is 0.800 bits per heavy atom. The number of nitrogens with one attached hydrogen (secondary N) is 1. The minimum Gasteiger partial charge on any atom is -0.870 e. The van der Waals surface area contributed by atoms with E-state index < -0.39 is 11.9 Å². The number of hydrogen-bond donors (Lipinski definition) is 3. The molecule has 0 fully saturated rings. The Balaban J connectivity index is -0.0000000213. The summed E-state index contributed by atoms with van der Waals surface area (Å²) in [7, 11) is 0. The van der Waals surface area contributed by atoms with Gasteiger partial charge in [-0.15, -0.1) is 0 Å². The molecular formula is C4H10NNa3O7. The number of carbonyl (C=O) groups is 2. The maximum absolute atomic E-state index is 9.73. The van der Waals surface area contributed by atoms with E-state index in [1.807, 2.05) is 0 Å². The van der Waals surface area contributed by atoms with Gasteiger partial charge in [0, 0.05) is 0 Å². The molecule has 0 unspecified atom stereocenters. The van der Waals surface area contributed by atoms with Crippen LogP contribution in [0.4, 0.5) is 0 Å². The van der Waals surface area contributed by atoms with Crippen molar-refractivity contribution >= 4 is 11.9 Å². The van der Waals surface area contributed by atoms with Gasteiger partial charge in [0.1, 0.15) is 0 Å².